The molecule has 2 N–H and O–H groups in total. The lowest BCUT2D eigenvalue weighted by Crippen LogP contribution is -2.34. The minimum Gasteiger partial charge on any atom is -0.469 e. The Bertz CT molecular complexity index is 1120. The van der Waals surface area contributed by atoms with Crippen LogP contribution in [0.2, 0.25) is 5.02 Å². The fraction of sp³-hybridized carbons (Fsp3) is 0.130. The first-order chi connectivity index (χ1) is 14.5. The highest BCUT2D eigenvalue weighted by Crippen LogP contribution is 2.33. The highest BCUT2D eigenvalue weighted by Gasteiger charge is 2.24. The van der Waals surface area contributed by atoms with Gasteiger partial charge in [-0.3, -0.25) is 9.59 Å². The van der Waals surface area contributed by atoms with Gasteiger partial charge in [0, 0.05) is 23.0 Å². The third kappa shape index (κ3) is 4.39. The highest BCUT2D eigenvalue weighted by molar-refractivity contribution is 6.32. The molecule has 30 heavy (non-hydrogen) atoms. The summed E-state index contributed by atoms with van der Waals surface area (Å²) in [5.74, 6) is 0.717. The fourth-order valence-electron chi connectivity index (χ4n) is 3.12. The number of fused-ring (bicyclic) bond motifs is 1. The molecule has 1 atom stereocenters. The van der Waals surface area contributed by atoms with Crippen molar-refractivity contribution in [1.29, 1.82) is 0 Å². The fourth-order valence-corrected chi connectivity index (χ4v) is 3.31. The van der Waals surface area contributed by atoms with Crippen LogP contribution in [0.3, 0.4) is 0 Å². The van der Waals surface area contributed by atoms with E-state index in [1.165, 1.54) is 0 Å². The summed E-state index contributed by atoms with van der Waals surface area (Å²) in [6, 6.07) is 15.6. The monoisotopic (exact) mass is 422 g/mol. The second kappa shape index (κ2) is 8.47. The van der Waals surface area contributed by atoms with Gasteiger partial charge >= 0.3 is 0 Å². The van der Waals surface area contributed by atoms with Crippen LogP contribution >= 0.6 is 11.6 Å². The number of rotatable bonds is 5. The molecular weight excluding hydrogens is 404 g/mol. The largest absolute Gasteiger partial charge is 0.469 e. The number of furan rings is 1. The van der Waals surface area contributed by atoms with Gasteiger partial charge in [0.25, 0.3) is 11.8 Å². The molecule has 4 rings (SSSR count). The average Bonchev–Trinajstić information content (AvgIpc) is 3.22. The van der Waals surface area contributed by atoms with E-state index in [0.717, 1.165) is 5.76 Å². The molecule has 1 aromatic heterocycles. The maximum atomic E-state index is 12.6. The molecule has 0 saturated carbocycles. The number of hydrogen-bond donors (Lipinski definition) is 2. The number of carbonyl (C=O) groups excluding carboxylic acids is 2. The average molecular weight is 423 g/mol. The van der Waals surface area contributed by atoms with Crippen LogP contribution in [0.15, 0.2) is 71.0 Å². The van der Waals surface area contributed by atoms with Crippen molar-refractivity contribution in [3.63, 3.8) is 0 Å². The Balaban J connectivity index is 1.48. The van der Waals surface area contributed by atoms with Crippen LogP contribution in [-0.4, -0.2) is 17.9 Å². The number of hydrogen-bond acceptors (Lipinski definition) is 4. The Morgan fingerprint density at radius 3 is 2.80 bits per heavy atom. The van der Waals surface area contributed by atoms with Crippen molar-refractivity contribution in [3.8, 4) is 5.75 Å². The van der Waals surface area contributed by atoms with Crippen LogP contribution < -0.4 is 15.4 Å². The zero-order valence-electron chi connectivity index (χ0n) is 16.1. The van der Waals surface area contributed by atoms with Crippen LogP contribution in [0, 0.1) is 0 Å². The van der Waals surface area contributed by atoms with Crippen molar-refractivity contribution in [2.45, 2.75) is 19.4 Å². The van der Waals surface area contributed by atoms with Crippen molar-refractivity contribution in [2.75, 3.05) is 5.32 Å². The van der Waals surface area contributed by atoms with Crippen LogP contribution in [0.4, 0.5) is 5.69 Å². The summed E-state index contributed by atoms with van der Waals surface area (Å²) in [4.78, 5) is 25.0. The van der Waals surface area contributed by atoms with Crippen molar-refractivity contribution < 1.29 is 18.7 Å². The maximum absolute atomic E-state index is 12.6. The molecule has 0 radical (unpaired) electrons. The van der Waals surface area contributed by atoms with Gasteiger partial charge in [0.1, 0.15) is 5.76 Å². The molecule has 0 fully saturated rings. The molecule has 0 aliphatic carbocycles. The third-order valence-electron chi connectivity index (χ3n) is 4.59. The maximum Gasteiger partial charge on any atom is 0.291 e. The molecule has 0 bridgehead atoms. The van der Waals surface area contributed by atoms with E-state index in [4.69, 9.17) is 20.8 Å². The summed E-state index contributed by atoms with van der Waals surface area (Å²) >= 11 is 6.15. The SMILES string of the molecule is CC(Cc1ccco1)NC(=O)c1ccc2c(c1)NC(=O)/C(=C/c1ccccc1Cl)O2. The highest BCUT2D eigenvalue weighted by atomic mass is 35.5. The number of ether oxygens (including phenoxy) is 1. The van der Waals surface area contributed by atoms with E-state index < -0.39 is 5.91 Å². The van der Waals surface area contributed by atoms with Gasteiger partial charge in [0.2, 0.25) is 0 Å². The van der Waals surface area contributed by atoms with E-state index in [-0.39, 0.29) is 17.7 Å². The lowest BCUT2D eigenvalue weighted by atomic mass is 10.1. The Morgan fingerprint density at radius 1 is 1.20 bits per heavy atom. The Morgan fingerprint density at radius 2 is 2.03 bits per heavy atom. The molecule has 7 heteroatoms. The van der Waals surface area contributed by atoms with Gasteiger partial charge in [-0.25, -0.2) is 0 Å². The van der Waals surface area contributed by atoms with Crippen molar-refractivity contribution >= 4 is 35.2 Å². The number of amides is 2. The minimum absolute atomic E-state index is 0.115. The molecule has 0 saturated heterocycles. The van der Waals surface area contributed by atoms with E-state index >= 15 is 0 Å². The molecule has 1 unspecified atom stereocenters. The van der Waals surface area contributed by atoms with E-state index in [0.29, 0.717) is 34.0 Å². The summed E-state index contributed by atoms with van der Waals surface area (Å²) in [7, 11) is 0. The van der Waals surface area contributed by atoms with Crippen LogP contribution in [0.5, 0.6) is 5.75 Å². The van der Waals surface area contributed by atoms with Crippen molar-refractivity contribution in [2.24, 2.45) is 0 Å². The summed E-state index contributed by atoms with van der Waals surface area (Å²) in [5.41, 5.74) is 1.53. The molecular formula is C23H19ClN2O4. The number of anilines is 1. The van der Waals surface area contributed by atoms with Crippen molar-refractivity contribution in [3.05, 3.63) is 88.5 Å². The summed E-state index contributed by atoms with van der Waals surface area (Å²) < 4.78 is 11.0. The molecule has 3 aromatic rings. The summed E-state index contributed by atoms with van der Waals surface area (Å²) in [6.07, 6.45) is 3.77. The first kappa shape index (κ1) is 19.8. The second-order valence-electron chi connectivity index (χ2n) is 6.96. The van der Waals surface area contributed by atoms with Gasteiger partial charge in [0.15, 0.2) is 11.5 Å². The normalized spacial score (nSPS) is 15.1. The predicted molar refractivity (Wildman–Crippen MR) is 114 cm³/mol. The molecule has 2 heterocycles. The first-order valence-electron chi connectivity index (χ1n) is 9.42. The zero-order valence-corrected chi connectivity index (χ0v) is 16.9. The van der Waals surface area contributed by atoms with Gasteiger partial charge in [-0.2, -0.15) is 0 Å². The zero-order chi connectivity index (χ0) is 21.1. The molecule has 2 amide bonds. The van der Waals surface area contributed by atoms with Crippen LogP contribution in [-0.2, 0) is 11.2 Å². The van der Waals surface area contributed by atoms with Gasteiger partial charge in [0.05, 0.1) is 12.0 Å². The number of halogens is 1. The van der Waals surface area contributed by atoms with Crippen LogP contribution in [0.1, 0.15) is 28.6 Å². The number of benzene rings is 2. The molecule has 1 aliphatic rings. The Hall–Kier alpha value is -3.51. The Kier molecular flexibility index (Phi) is 5.59. The van der Waals surface area contributed by atoms with Gasteiger partial charge < -0.3 is 19.8 Å². The topological polar surface area (TPSA) is 80.6 Å². The van der Waals surface area contributed by atoms with Crippen molar-refractivity contribution in [1.82, 2.24) is 5.32 Å². The lowest BCUT2D eigenvalue weighted by molar-refractivity contribution is -0.115. The van der Waals surface area contributed by atoms with E-state index in [1.54, 1.807) is 42.7 Å². The van der Waals surface area contributed by atoms with Crippen LogP contribution in [0.25, 0.3) is 6.08 Å². The van der Waals surface area contributed by atoms with E-state index in [1.807, 2.05) is 31.2 Å². The van der Waals surface area contributed by atoms with E-state index in [2.05, 4.69) is 10.6 Å². The van der Waals surface area contributed by atoms with E-state index in [9.17, 15) is 9.59 Å². The first-order valence-corrected chi connectivity index (χ1v) is 9.80. The van der Waals surface area contributed by atoms with Gasteiger partial charge in [-0.1, -0.05) is 29.8 Å². The quantitative estimate of drug-likeness (QED) is 0.586. The smallest absolute Gasteiger partial charge is 0.291 e. The Labute approximate surface area is 178 Å². The number of carbonyl (C=O) groups is 2. The predicted octanol–water partition coefficient (Wildman–Crippen LogP) is 4.67. The second-order valence-corrected chi connectivity index (χ2v) is 7.36. The minimum atomic E-state index is -0.411. The standard InChI is InChI=1S/C23H19ClN2O4/c1-14(11-17-6-4-10-29-17)25-22(27)16-8-9-20-19(12-16)26-23(28)21(30-20)13-15-5-2-3-7-18(15)24/h2-10,12-14H,11H2,1H3,(H,25,27)(H,26,28)/b21-13-. The number of nitrogens with one attached hydrogen (secondary N) is 2. The third-order valence-corrected chi connectivity index (χ3v) is 4.93. The molecule has 152 valence electrons. The molecule has 0 spiro atoms. The molecule has 1 aliphatic heterocycles. The van der Waals surface area contributed by atoms with Gasteiger partial charge in [-0.15, -0.1) is 0 Å². The molecule has 6 nitrogen and oxygen atoms in total. The molecule has 2 aromatic carbocycles. The summed E-state index contributed by atoms with van der Waals surface area (Å²) in [6.45, 7) is 1.90. The summed E-state index contributed by atoms with van der Waals surface area (Å²) in [5, 5.41) is 6.20. The van der Waals surface area contributed by atoms with Gasteiger partial charge in [-0.05, 0) is 55.0 Å². The lowest BCUT2D eigenvalue weighted by Gasteiger charge is -2.21.